The Bertz CT molecular complexity index is 387. The first kappa shape index (κ1) is 11.9. The molecule has 17 heavy (non-hydrogen) atoms. The number of carbonyl (C=O) groups excluding carboxylic acids is 1. The molecular formula is C13H18N2O2. The third-order valence-corrected chi connectivity index (χ3v) is 2.86. The van der Waals surface area contributed by atoms with Gasteiger partial charge in [-0.05, 0) is 31.0 Å². The summed E-state index contributed by atoms with van der Waals surface area (Å²) in [4.78, 5) is 14.0. The lowest BCUT2D eigenvalue weighted by molar-refractivity contribution is 0.0792. The van der Waals surface area contributed by atoms with Crippen LogP contribution in [0.15, 0.2) is 24.3 Å². The molecule has 4 heteroatoms. The highest BCUT2D eigenvalue weighted by molar-refractivity contribution is 5.94. The molecule has 1 fully saturated rings. The maximum Gasteiger partial charge on any atom is 0.253 e. The molecule has 0 aliphatic carbocycles. The number of likely N-dealkylation sites (tertiary alicyclic amines) is 1. The Morgan fingerprint density at radius 1 is 1.35 bits per heavy atom. The molecule has 0 aromatic heterocycles. The van der Waals surface area contributed by atoms with E-state index in [2.05, 4.69) is 0 Å². The number of amides is 1. The van der Waals surface area contributed by atoms with Crippen molar-refractivity contribution in [3.63, 3.8) is 0 Å². The Kier molecular flexibility index (Phi) is 3.98. The van der Waals surface area contributed by atoms with Crippen LogP contribution >= 0.6 is 0 Å². The maximum absolute atomic E-state index is 12.1. The molecule has 0 unspecified atom stereocenters. The van der Waals surface area contributed by atoms with E-state index in [1.54, 1.807) is 6.07 Å². The van der Waals surface area contributed by atoms with Gasteiger partial charge in [0.25, 0.3) is 5.91 Å². The Balaban J connectivity index is 2.06. The van der Waals surface area contributed by atoms with Crippen molar-refractivity contribution in [1.29, 1.82) is 0 Å². The van der Waals surface area contributed by atoms with E-state index in [0.717, 1.165) is 25.9 Å². The predicted octanol–water partition coefficient (Wildman–Crippen LogP) is 1.26. The number of nitrogens with zero attached hydrogens (tertiary/aromatic N) is 1. The van der Waals surface area contributed by atoms with Gasteiger partial charge in [0, 0.05) is 25.2 Å². The molecule has 0 atom stereocenters. The van der Waals surface area contributed by atoms with Gasteiger partial charge in [-0.25, -0.2) is 0 Å². The van der Waals surface area contributed by atoms with E-state index in [-0.39, 0.29) is 5.91 Å². The van der Waals surface area contributed by atoms with Crippen molar-refractivity contribution in [3.05, 3.63) is 29.8 Å². The van der Waals surface area contributed by atoms with E-state index >= 15 is 0 Å². The lowest BCUT2D eigenvalue weighted by Gasteiger charge is -2.15. The molecule has 1 saturated heterocycles. The van der Waals surface area contributed by atoms with E-state index in [1.165, 1.54) is 0 Å². The normalized spacial score (nSPS) is 15.0. The molecule has 1 aliphatic heterocycles. The topological polar surface area (TPSA) is 55.6 Å². The smallest absolute Gasteiger partial charge is 0.253 e. The molecule has 1 amide bonds. The number of carbonyl (C=O) groups is 1. The summed E-state index contributed by atoms with van der Waals surface area (Å²) in [5.41, 5.74) is 6.07. The van der Waals surface area contributed by atoms with Gasteiger partial charge >= 0.3 is 0 Å². The zero-order valence-corrected chi connectivity index (χ0v) is 9.89. The Labute approximate surface area is 101 Å². The fourth-order valence-corrected chi connectivity index (χ4v) is 2.00. The van der Waals surface area contributed by atoms with Gasteiger partial charge in [0.15, 0.2) is 0 Å². The largest absolute Gasteiger partial charge is 0.492 e. The van der Waals surface area contributed by atoms with E-state index in [4.69, 9.17) is 10.5 Å². The van der Waals surface area contributed by atoms with Crippen LogP contribution in [0.25, 0.3) is 0 Å². The molecule has 4 nitrogen and oxygen atoms in total. The van der Waals surface area contributed by atoms with Crippen molar-refractivity contribution in [2.24, 2.45) is 5.73 Å². The monoisotopic (exact) mass is 234 g/mol. The molecule has 1 aromatic carbocycles. The molecule has 0 spiro atoms. The SMILES string of the molecule is NCCOc1cccc(C(=O)N2CCCC2)c1. The second-order valence-electron chi connectivity index (χ2n) is 4.16. The molecular weight excluding hydrogens is 216 g/mol. The maximum atomic E-state index is 12.1. The number of hydrogen-bond donors (Lipinski definition) is 1. The number of rotatable bonds is 4. The molecule has 0 saturated carbocycles. The first-order valence-electron chi connectivity index (χ1n) is 6.03. The number of ether oxygens (including phenoxy) is 1. The number of nitrogens with two attached hydrogens (primary N) is 1. The summed E-state index contributed by atoms with van der Waals surface area (Å²) in [6, 6.07) is 7.30. The molecule has 0 radical (unpaired) electrons. The van der Waals surface area contributed by atoms with Gasteiger partial charge < -0.3 is 15.4 Å². The minimum absolute atomic E-state index is 0.0979. The summed E-state index contributed by atoms with van der Waals surface area (Å²) >= 11 is 0. The molecule has 1 aliphatic rings. The molecule has 92 valence electrons. The molecule has 0 bridgehead atoms. The molecule has 1 aromatic rings. The Hall–Kier alpha value is -1.55. The minimum Gasteiger partial charge on any atom is -0.492 e. The molecule has 1 heterocycles. The third-order valence-electron chi connectivity index (χ3n) is 2.86. The Morgan fingerprint density at radius 3 is 2.82 bits per heavy atom. The van der Waals surface area contributed by atoms with Crippen LogP contribution in [0.4, 0.5) is 0 Å². The molecule has 2 rings (SSSR count). The van der Waals surface area contributed by atoms with Crippen LogP contribution in [0.3, 0.4) is 0 Å². The van der Waals surface area contributed by atoms with Gasteiger partial charge in [-0.1, -0.05) is 6.07 Å². The second kappa shape index (κ2) is 5.68. The van der Waals surface area contributed by atoms with Crippen molar-refractivity contribution in [3.8, 4) is 5.75 Å². The van der Waals surface area contributed by atoms with Crippen LogP contribution in [-0.4, -0.2) is 37.0 Å². The zero-order valence-electron chi connectivity index (χ0n) is 9.89. The number of hydrogen-bond acceptors (Lipinski definition) is 3. The highest BCUT2D eigenvalue weighted by Crippen LogP contribution is 2.17. The predicted molar refractivity (Wildman–Crippen MR) is 66.1 cm³/mol. The van der Waals surface area contributed by atoms with E-state index < -0.39 is 0 Å². The highest BCUT2D eigenvalue weighted by atomic mass is 16.5. The quantitative estimate of drug-likeness (QED) is 0.853. The minimum atomic E-state index is 0.0979. The van der Waals surface area contributed by atoms with Crippen molar-refractivity contribution in [2.75, 3.05) is 26.2 Å². The van der Waals surface area contributed by atoms with Crippen LogP contribution in [0.5, 0.6) is 5.75 Å². The van der Waals surface area contributed by atoms with E-state index in [9.17, 15) is 4.79 Å². The summed E-state index contributed by atoms with van der Waals surface area (Å²) in [7, 11) is 0. The standard InChI is InChI=1S/C13H18N2O2/c14-6-9-17-12-5-3-4-11(10-12)13(16)15-7-1-2-8-15/h3-5,10H,1-2,6-9,14H2. The number of benzene rings is 1. The van der Waals surface area contributed by atoms with Gasteiger partial charge in [-0.3, -0.25) is 4.79 Å². The fraction of sp³-hybridized carbons (Fsp3) is 0.462. The van der Waals surface area contributed by atoms with Gasteiger partial charge in [0.2, 0.25) is 0 Å². The van der Waals surface area contributed by atoms with E-state index in [0.29, 0.717) is 24.5 Å². The highest BCUT2D eigenvalue weighted by Gasteiger charge is 2.19. The summed E-state index contributed by atoms with van der Waals surface area (Å²) in [6.07, 6.45) is 2.21. The summed E-state index contributed by atoms with van der Waals surface area (Å²) < 4.78 is 5.41. The van der Waals surface area contributed by atoms with Crippen LogP contribution in [-0.2, 0) is 0 Å². The van der Waals surface area contributed by atoms with Gasteiger partial charge in [-0.15, -0.1) is 0 Å². The third kappa shape index (κ3) is 2.97. The molecule has 2 N–H and O–H groups in total. The van der Waals surface area contributed by atoms with Crippen molar-refractivity contribution >= 4 is 5.91 Å². The fourth-order valence-electron chi connectivity index (χ4n) is 2.00. The zero-order chi connectivity index (χ0) is 12.1. The van der Waals surface area contributed by atoms with Crippen LogP contribution < -0.4 is 10.5 Å². The average Bonchev–Trinajstić information content (AvgIpc) is 2.89. The summed E-state index contributed by atoms with van der Waals surface area (Å²) in [5, 5.41) is 0. The van der Waals surface area contributed by atoms with E-state index in [1.807, 2.05) is 23.1 Å². The van der Waals surface area contributed by atoms with Gasteiger partial charge in [0.05, 0.1) is 0 Å². The van der Waals surface area contributed by atoms with Crippen molar-refractivity contribution in [1.82, 2.24) is 4.90 Å². The first-order chi connectivity index (χ1) is 8.31. The first-order valence-corrected chi connectivity index (χ1v) is 6.03. The van der Waals surface area contributed by atoms with Crippen LogP contribution in [0.2, 0.25) is 0 Å². The van der Waals surface area contributed by atoms with Crippen LogP contribution in [0.1, 0.15) is 23.2 Å². The van der Waals surface area contributed by atoms with Crippen LogP contribution in [0, 0.1) is 0 Å². The van der Waals surface area contributed by atoms with Crippen molar-refractivity contribution in [2.45, 2.75) is 12.8 Å². The average molecular weight is 234 g/mol. The lowest BCUT2D eigenvalue weighted by Crippen LogP contribution is -2.27. The summed E-state index contributed by atoms with van der Waals surface area (Å²) in [6.45, 7) is 2.69. The second-order valence-corrected chi connectivity index (χ2v) is 4.16. The Morgan fingerprint density at radius 2 is 2.12 bits per heavy atom. The lowest BCUT2D eigenvalue weighted by atomic mass is 10.2. The summed E-state index contributed by atoms with van der Waals surface area (Å²) in [5.74, 6) is 0.807. The van der Waals surface area contributed by atoms with Gasteiger partial charge in [-0.2, -0.15) is 0 Å². The van der Waals surface area contributed by atoms with Crippen molar-refractivity contribution < 1.29 is 9.53 Å². The van der Waals surface area contributed by atoms with Gasteiger partial charge in [0.1, 0.15) is 12.4 Å².